The number of nitrogens with zero attached hydrogens (tertiary/aromatic N) is 2. The van der Waals surface area contributed by atoms with Crippen LogP contribution >= 0.6 is 0 Å². The van der Waals surface area contributed by atoms with Gasteiger partial charge in [0.15, 0.2) is 5.75 Å². The topological polar surface area (TPSA) is 91.1 Å². The summed E-state index contributed by atoms with van der Waals surface area (Å²) >= 11 is 0. The molecule has 0 aliphatic carbocycles. The van der Waals surface area contributed by atoms with Crippen LogP contribution in [0.5, 0.6) is 5.75 Å². The zero-order chi connectivity index (χ0) is 16.0. The van der Waals surface area contributed by atoms with E-state index >= 15 is 0 Å². The third kappa shape index (κ3) is 1.88. The van der Waals surface area contributed by atoms with Crippen molar-refractivity contribution < 1.29 is 19.0 Å². The standard InChI is InChI=1S/C14H11F2N3O3/c1-19-14-10(8(5-20)18-19)12(21)13(22)11(17-14)9-6(15)3-2-4-7(9)16/h2-4,20,22H,5H2,1H3,(H,17,21). The van der Waals surface area contributed by atoms with E-state index in [4.69, 9.17) is 0 Å². The number of H-pyrrole nitrogens is 1. The predicted octanol–water partition coefficient (Wildman–Crippen LogP) is 1.40. The highest BCUT2D eigenvalue weighted by Gasteiger charge is 2.22. The Morgan fingerprint density at radius 1 is 1.32 bits per heavy atom. The first-order valence-corrected chi connectivity index (χ1v) is 6.31. The molecule has 3 aromatic rings. The summed E-state index contributed by atoms with van der Waals surface area (Å²) in [5, 5.41) is 23.1. The van der Waals surface area contributed by atoms with Crippen molar-refractivity contribution in [2.24, 2.45) is 7.05 Å². The summed E-state index contributed by atoms with van der Waals surface area (Å²) in [6, 6.07) is 3.21. The minimum atomic E-state index is -0.921. The van der Waals surface area contributed by atoms with Crippen LogP contribution in [0.15, 0.2) is 23.0 Å². The molecule has 0 bridgehead atoms. The maximum Gasteiger partial charge on any atom is 0.235 e. The molecular formula is C14H11F2N3O3. The second-order valence-corrected chi connectivity index (χ2v) is 4.73. The van der Waals surface area contributed by atoms with Gasteiger partial charge in [-0.05, 0) is 12.1 Å². The summed E-state index contributed by atoms with van der Waals surface area (Å²) in [6.45, 7) is -0.507. The number of rotatable bonds is 2. The molecule has 0 spiro atoms. The second-order valence-electron chi connectivity index (χ2n) is 4.73. The molecule has 2 heterocycles. The second kappa shape index (κ2) is 4.92. The first-order chi connectivity index (χ1) is 10.5. The number of hydrogen-bond acceptors (Lipinski definition) is 4. The van der Waals surface area contributed by atoms with Crippen LogP contribution in [-0.4, -0.2) is 25.0 Å². The molecule has 0 unspecified atom stereocenters. The fourth-order valence-electron chi connectivity index (χ4n) is 2.40. The number of aliphatic hydroxyl groups is 1. The Balaban J connectivity index is 2.45. The van der Waals surface area contributed by atoms with Gasteiger partial charge in [-0.1, -0.05) is 6.07 Å². The fraction of sp³-hybridized carbons (Fsp3) is 0.143. The molecule has 0 aliphatic heterocycles. The van der Waals surface area contributed by atoms with Crippen LogP contribution in [0.1, 0.15) is 5.69 Å². The van der Waals surface area contributed by atoms with Gasteiger partial charge >= 0.3 is 0 Å². The van der Waals surface area contributed by atoms with E-state index in [0.29, 0.717) is 0 Å². The lowest BCUT2D eigenvalue weighted by Gasteiger charge is -2.08. The van der Waals surface area contributed by atoms with Gasteiger partial charge < -0.3 is 15.2 Å². The van der Waals surface area contributed by atoms with Gasteiger partial charge in [0.1, 0.15) is 23.0 Å². The molecule has 2 aromatic heterocycles. The lowest BCUT2D eigenvalue weighted by Crippen LogP contribution is -2.08. The van der Waals surface area contributed by atoms with Gasteiger partial charge in [-0.2, -0.15) is 5.10 Å². The van der Waals surface area contributed by atoms with Crippen molar-refractivity contribution in [3.63, 3.8) is 0 Å². The molecule has 0 saturated carbocycles. The number of aliphatic hydroxyl groups excluding tert-OH is 1. The minimum Gasteiger partial charge on any atom is -0.503 e. The number of aromatic hydroxyl groups is 1. The summed E-state index contributed by atoms with van der Waals surface area (Å²) in [7, 11) is 1.50. The Morgan fingerprint density at radius 3 is 2.55 bits per heavy atom. The quantitative estimate of drug-likeness (QED) is 0.667. The van der Waals surface area contributed by atoms with Crippen molar-refractivity contribution in [3.8, 4) is 17.0 Å². The van der Waals surface area contributed by atoms with Crippen molar-refractivity contribution in [1.29, 1.82) is 0 Å². The summed E-state index contributed by atoms with van der Waals surface area (Å²) in [6.07, 6.45) is 0. The first-order valence-electron chi connectivity index (χ1n) is 6.31. The summed E-state index contributed by atoms with van der Waals surface area (Å²) in [4.78, 5) is 14.9. The maximum absolute atomic E-state index is 13.9. The van der Waals surface area contributed by atoms with Crippen molar-refractivity contribution >= 4 is 11.0 Å². The van der Waals surface area contributed by atoms with Gasteiger partial charge in [0.25, 0.3) is 0 Å². The molecule has 0 atom stereocenters. The van der Waals surface area contributed by atoms with E-state index in [-0.39, 0.29) is 22.4 Å². The molecule has 22 heavy (non-hydrogen) atoms. The van der Waals surface area contributed by atoms with Gasteiger partial charge in [0.05, 0.1) is 23.3 Å². The number of benzene rings is 1. The molecule has 1 aromatic carbocycles. The molecular weight excluding hydrogens is 296 g/mol. The Bertz CT molecular complexity index is 926. The zero-order valence-electron chi connectivity index (χ0n) is 11.4. The van der Waals surface area contributed by atoms with Gasteiger partial charge in [0.2, 0.25) is 5.43 Å². The Hall–Kier alpha value is -2.74. The van der Waals surface area contributed by atoms with Crippen molar-refractivity contribution in [1.82, 2.24) is 14.8 Å². The average Bonchev–Trinajstić information content (AvgIpc) is 2.80. The van der Waals surface area contributed by atoms with Crippen molar-refractivity contribution in [3.05, 3.63) is 45.8 Å². The molecule has 3 N–H and O–H groups in total. The zero-order valence-corrected chi connectivity index (χ0v) is 11.4. The van der Waals surface area contributed by atoms with Crippen LogP contribution in [-0.2, 0) is 13.7 Å². The normalized spacial score (nSPS) is 11.3. The molecule has 0 aliphatic rings. The van der Waals surface area contributed by atoms with Gasteiger partial charge in [-0.3, -0.25) is 9.48 Å². The van der Waals surface area contributed by atoms with Gasteiger partial charge in [0, 0.05) is 7.05 Å². The van der Waals surface area contributed by atoms with E-state index in [1.54, 1.807) is 0 Å². The number of hydrogen-bond donors (Lipinski definition) is 3. The molecule has 6 nitrogen and oxygen atoms in total. The highest BCUT2D eigenvalue weighted by atomic mass is 19.1. The number of aromatic amines is 1. The highest BCUT2D eigenvalue weighted by Crippen LogP contribution is 2.31. The average molecular weight is 307 g/mol. The number of pyridine rings is 1. The molecule has 8 heteroatoms. The van der Waals surface area contributed by atoms with Crippen molar-refractivity contribution in [2.75, 3.05) is 0 Å². The largest absolute Gasteiger partial charge is 0.503 e. The predicted molar refractivity (Wildman–Crippen MR) is 74.3 cm³/mol. The van der Waals surface area contributed by atoms with E-state index in [1.165, 1.54) is 17.8 Å². The number of halogens is 2. The van der Waals surface area contributed by atoms with Crippen LogP contribution in [0.2, 0.25) is 0 Å². The van der Waals surface area contributed by atoms with Crippen molar-refractivity contribution in [2.45, 2.75) is 6.61 Å². The third-order valence-electron chi connectivity index (χ3n) is 3.40. The summed E-state index contributed by atoms with van der Waals surface area (Å²) < 4.78 is 29.0. The maximum atomic E-state index is 13.9. The number of fused-ring (bicyclic) bond motifs is 1. The summed E-state index contributed by atoms with van der Waals surface area (Å²) in [5.41, 5.74) is -1.56. The van der Waals surface area contributed by atoms with Gasteiger partial charge in [-0.15, -0.1) is 0 Å². The van der Waals surface area contributed by atoms with E-state index in [1.807, 2.05) is 0 Å². The Morgan fingerprint density at radius 2 is 1.95 bits per heavy atom. The van der Waals surface area contributed by atoms with E-state index < -0.39 is 35.0 Å². The molecule has 3 rings (SSSR count). The molecule has 0 radical (unpaired) electrons. The third-order valence-corrected chi connectivity index (χ3v) is 3.40. The highest BCUT2D eigenvalue weighted by molar-refractivity contribution is 5.84. The number of nitrogens with one attached hydrogen (secondary N) is 1. The number of aromatic nitrogens is 3. The van der Waals surface area contributed by atoms with E-state index in [0.717, 1.165) is 12.1 Å². The molecule has 114 valence electrons. The number of aryl methyl sites for hydroxylation is 1. The van der Waals surface area contributed by atoms with Crippen LogP contribution < -0.4 is 5.43 Å². The first kappa shape index (κ1) is 14.2. The van der Waals surface area contributed by atoms with E-state index in [2.05, 4.69) is 10.1 Å². The molecule has 0 fully saturated rings. The van der Waals surface area contributed by atoms with E-state index in [9.17, 15) is 23.8 Å². The van der Waals surface area contributed by atoms with Gasteiger partial charge in [-0.25, -0.2) is 8.78 Å². The Labute approximate surface area is 122 Å². The monoisotopic (exact) mass is 307 g/mol. The smallest absolute Gasteiger partial charge is 0.235 e. The summed E-state index contributed by atoms with van der Waals surface area (Å²) in [5.74, 6) is -2.68. The lowest BCUT2D eigenvalue weighted by molar-refractivity contribution is 0.277. The SMILES string of the molecule is Cn1nc(CO)c2c(=O)c(O)c(-c3c(F)cccc3F)[nH]c21. The lowest BCUT2D eigenvalue weighted by atomic mass is 10.1. The minimum absolute atomic E-state index is 0.0250. The van der Waals surface area contributed by atoms with Crippen LogP contribution in [0, 0.1) is 11.6 Å². The van der Waals surface area contributed by atoms with Crippen LogP contribution in [0.3, 0.4) is 0 Å². The fourth-order valence-corrected chi connectivity index (χ4v) is 2.40. The van der Waals surface area contributed by atoms with Crippen LogP contribution in [0.4, 0.5) is 8.78 Å². The Kier molecular flexibility index (Phi) is 3.18. The molecule has 0 amide bonds. The van der Waals surface area contributed by atoms with Crippen LogP contribution in [0.25, 0.3) is 22.3 Å². The molecule has 0 saturated heterocycles.